The molecule has 0 aliphatic heterocycles. The van der Waals surface area contributed by atoms with Gasteiger partial charge in [0.15, 0.2) is 0 Å². The van der Waals surface area contributed by atoms with Crippen molar-refractivity contribution in [2.75, 3.05) is 6.54 Å². The summed E-state index contributed by atoms with van der Waals surface area (Å²) >= 11 is 6.54. The number of nitrogens with zero attached hydrogens (tertiary/aromatic N) is 1. The van der Waals surface area contributed by atoms with Crippen LogP contribution in [0.25, 0.3) is 0 Å². The van der Waals surface area contributed by atoms with Gasteiger partial charge in [-0.1, -0.05) is 107 Å². The van der Waals surface area contributed by atoms with Gasteiger partial charge in [0.25, 0.3) is 0 Å². The minimum Gasteiger partial charge on any atom is -0.295 e. The highest BCUT2D eigenvalue weighted by Gasteiger charge is 2.21. The fraction of sp³-hybridized carbons (Fsp3) is 0.556. The van der Waals surface area contributed by atoms with Crippen molar-refractivity contribution < 1.29 is 0 Å². The summed E-state index contributed by atoms with van der Waals surface area (Å²) in [7, 11) is 0. The molecule has 1 aliphatic carbocycles. The molecule has 29 heavy (non-hydrogen) atoms. The highest BCUT2D eigenvalue weighted by Crippen LogP contribution is 2.31. The van der Waals surface area contributed by atoms with Gasteiger partial charge in [0.2, 0.25) is 0 Å². The van der Waals surface area contributed by atoms with Gasteiger partial charge in [-0.3, -0.25) is 4.90 Å². The maximum atomic E-state index is 6.54. The number of rotatable bonds is 7. The molecule has 0 saturated heterocycles. The Morgan fingerprint density at radius 1 is 0.897 bits per heavy atom. The number of hydrogen-bond acceptors (Lipinski definition) is 1. The highest BCUT2D eigenvalue weighted by molar-refractivity contribution is 6.31. The van der Waals surface area contributed by atoms with E-state index < -0.39 is 0 Å². The maximum absolute atomic E-state index is 6.54. The van der Waals surface area contributed by atoms with E-state index in [-0.39, 0.29) is 0 Å². The molecule has 0 N–H and O–H groups in total. The Balaban J connectivity index is 0.00000145. The summed E-state index contributed by atoms with van der Waals surface area (Å²) in [5.74, 6) is 1.74. The number of benzene rings is 2. The van der Waals surface area contributed by atoms with E-state index in [0.29, 0.717) is 0 Å². The normalized spacial score (nSPS) is 19.4. The Kier molecular flexibility index (Phi) is 10.8. The molecule has 2 unspecified atom stereocenters. The maximum Gasteiger partial charge on any atom is 0.0453 e. The molecule has 0 radical (unpaired) electrons. The van der Waals surface area contributed by atoms with Crippen LogP contribution in [0.15, 0.2) is 48.5 Å². The van der Waals surface area contributed by atoms with Crippen molar-refractivity contribution in [3.63, 3.8) is 0 Å². The zero-order valence-electron chi connectivity index (χ0n) is 19.0. The Bertz CT molecular complexity index is 677. The summed E-state index contributed by atoms with van der Waals surface area (Å²) in [6, 6.07) is 17.1. The van der Waals surface area contributed by atoms with Crippen LogP contribution < -0.4 is 0 Å². The Morgan fingerprint density at radius 2 is 1.62 bits per heavy atom. The van der Waals surface area contributed by atoms with Crippen molar-refractivity contribution in [3.8, 4) is 0 Å². The van der Waals surface area contributed by atoms with Crippen LogP contribution >= 0.6 is 11.6 Å². The van der Waals surface area contributed by atoms with Crippen LogP contribution in [0.1, 0.15) is 76.0 Å². The van der Waals surface area contributed by atoms with E-state index in [1.807, 2.05) is 19.9 Å². The lowest BCUT2D eigenvalue weighted by atomic mass is 9.87. The van der Waals surface area contributed by atoms with E-state index in [1.54, 1.807) is 0 Å². The number of halogens is 1. The molecule has 2 aromatic rings. The topological polar surface area (TPSA) is 3.24 Å². The highest BCUT2D eigenvalue weighted by atomic mass is 35.5. The predicted molar refractivity (Wildman–Crippen MR) is 128 cm³/mol. The summed E-state index contributed by atoms with van der Waals surface area (Å²) < 4.78 is 0. The lowest BCUT2D eigenvalue weighted by Crippen LogP contribution is -2.27. The molecular weight excluding hydrogens is 374 g/mol. The predicted octanol–water partition coefficient (Wildman–Crippen LogP) is 8.28. The molecule has 160 valence electrons. The van der Waals surface area contributed by atoms with Crippen LogP contribution in [0, 0.1) is 18.8 Å². The Morgan fingerprint density at radius 3 is 2.34 bits per heavy atom. The monoisotopic (exact) mass is 413 g/mol. The number of hydrogen-bond donors (Lipinski definition) is 0. The van der Waals surface area contributed by atoms with Gasteiger partial charge >= 0.3 is 0 Å². The summed E-state index contributed by atoms with van der Waals surface area (Å²) in [4.78, 5) is 2.60. The zero-order valence-corrected chi connectivity index (χ0v) is 19.7. The van der Waals surface area contributed by atoms with Gasteiger partial charge in [0, 0.05) is 18.1 Å². The number of aryl methyl sites for hydroxylation is 1. The first-order valence-electron chi connectivity index (χ1n) is 11.6. The minimum absolute atomic E-state index is 0.869. The second kappa shape index (κ2) is 13.1. The standard InChI is InChI=1S/C25H34ClN.C2H6/c1-20-10-5-3-8-14-23(20)16-17-27(18-22-12-6-4-7-13-22)19-24-21(2)11-9-15-25(24)26;1-2/h4,6-7,9,11-13,15,20,23H,3,5,8,10,14,16-19H2,1-2H3;1-2H3. The molecular formula is C27H40ClN. The fourth-order valence-corrected chi connectivity index (χ4v) is 4.77. The van der Waals surface area contributed by atoms with Gasteiger partial charge < -0.3 is 0 Å². The van der Waals surface area contributed by atoms with Crippen LogP contribution in [-0.4, -0.2) is 11.4 Å². The quantitative estimate of drug-likeness (QED) is 0.412. The molecule has 1 aliphatic rings. The van der Waals surface area contributed by atoms with Gasteiger partial charge in [0.1, 0.15) is 0 Å². The van der Waals surface area contributed by atoms with E-state index >= 15 is 0 Å². The third kappa shape index (κ3) is 7.79. The molecule has 3 rings (SSSR count). The second-order valence-electron chi connectivity index (χ2n) is 8.40. The summed E-state index contributed by atoms with van der Waals surface area (Å²) in [6.07, 6.45) is 8.38. The summed E-state index contributed by atoms with van der Waals surface area (Å²) in [5.41, 5.74) is 3.96. The van der Waals surface area contributed by atoms with Crippen LogP contribution in [0.2, 0.25) is 5.02 Å². The third-order valence-electron chi connectivity index (χ3n) is 6.34. The van der Waals surface area contributed by atoms with Crippen molar-refractivity contribution >= 4 is 11.6 Å². The first kappa shape index (κ1) is 24.0. The fourth-order valence-electron chi connectivity index (χ4n) is 4.49. The minimum atomic E-state index is 0.869. The molecule has 0 bridgehead atoms. The SMILES string of the molecule is CC.Cc1cccc(Cl)c1CN(CCC1CCCCCC1C)Cc1ccccc1. The van der Waals surface area contributed by atoms with Gasteiger partial charge in [-0.05, 0) is 54.5 Å². The van der Waals surface area contributed by atoms with Crippen molar-refractivity contribution in [3.05, 3.63) is 70.2 Å². The van der Waals surface area contributed by atoms with Crippen LogP contribution in [0.5, 0.6) is 0 Å². The molecule has 1 fully saturated rings. The van der Waals surface area contributed by atoms with Gasteiger partial charge in [-0.25, -0.2) is 0 Å². The average molecular weight is 414 g/mol. The molecule has 0 aromatic heterocycles. The van der Waals surface area contributed by atoms with E-state index in [1.165, 1.54) is 55.2 Å². The van der Waals surface area contributed by atoms with Gasteiger partial charge in [-0.15, -0.1) is 0 Å². The van der Waals surface area contributed by atoms with E-state index in [4.69, 9.17) is 11.6 Å². The molecule has 0 heterocycles. The molecule has 0 amide bonds. The average Bonchev–Trinajstić information content (AvgIpc) is 2.95. The largest absolute Gasteiger partial charge is 0.295 e. The summed E-state index contributed by atoms with van der Waals surface area (Å²) in [5, 5.41) is 0.899. The summed E-state index contributed by atoms with van der Waals surface area (Å²) in [6.45, 7) is 11.7. The van der Waals surface area contributed by atoms with E-state index in [9.17, 15) is 0 Å². The molecule has 1 nitrogen and oxygen atoms in total. The molecule has 2 aromatic carbocycles. The Hall–Kier alpha value is -1.31. The molecule has 0 spiro atoms. The lowest BCUT2D eigenvalue weighted by Gasteiger charge is -2.28. The van der Waals surface area contributed by atoms with Crippen LogP contribution in [0.4, 0.5) is 0 Å². The van der Waals surface area contributed by atoms with E-state index in [2.05, 4.69) is 61.2 Å². The van der Waals surface area contributed by atoms with Gasteiger partial charge in [-0.2, -0.15) is 0 Å². The van der Waals surface area contributed by atoms with E-state index in [0.717, 1.165) is 36.5 Å². The second-order valence-corrected chi connectivity index (χ2v) is 8.80. The van der Waals surface area contributed by atoms with Crippen molar-refractivity contribution in [2.45, 2.75) is 79.3 Å². The van der Waals surface area contributed by atoms with Crippen molar-refractivity contribution in [1.82, 2.24) is 4.90 Å². The smallest absolute Gasteiger partial charge is 0.0453 e. The van der Waals surface area contributed by atoms with Crippen molar-refractivity contribution in [2.24, 2.45) is 11.8 Å². The third-order valence-corrected chi connectivity index (χ3v) is 6.69. The molecule has 2 heteroatoms. The van der Waals surface area contributed by atoms with Crippen LogP contribution in [0.3, 0.4) is 0 Å². The van der Waals surface area contributed by atoms with Crippen LogP contribution in [-0.2, 0) is 13.1 Å². The molecule has 2 atom stereocenters. The zero-order chi connectivity index (χ0) is 21.1. The van der Waals surface area contributed by atoms with Gasteiger partial charge in [0.05, 0.1) is 0 Å². The lowest BCUT2D eigenvalue weighted by molar-refractivity contribution is 0.209. The Labute approximate surface area is 184 Å². The first-order chi connectivity index (χ1) is 14.1. The first-order valence-corrected chi connectivity index (χ1v) is 12.0. The van der Waals surface area contributed by atoms with Crippen molar-refractivity contribution in [1.29, 1.82) is 0 Å². The molecule has 1 saturated carbocycles.